The fraction of sp³-hybridized carbons (Fsp3) is 0.120. The minimum atomic E-state index is -0.467. The predicted molar refractivity (Wildman–Crippen MR) is 150 cm³/mol. The Morgan fingerprint density at radius 3 is 2.25 bits per heavy atom. The number of nitrogens with zero attached hydrogens (tertiary/aromatic N) is 2. The summed E-state index contributed by atoms with van der Waals surface area (Å²) in [5.41, 5.74) is 4.09. The molecule has 1 aliphatic rings. The maximum Gasteiger partial charge on any atom is 0.262 e. The van der Waals surface area contributed by atoms with Crippen molar-refractivity contribution in [3.63, 3.8) is 0 Å². The Hall–Kier alpha value is -2.34. The number of anilines is 1. The van der Waals surface area contributed by atoms with Gasteiger partial charge in [0.05, 0.1) is 22.4 Å². The van der Waals surface area contributed by atoms with Crippen LogP contribution in [0.15, 0.2) is 64.8 Å². The second-order valence-corrected chi connectivity index (χ2v) is 11.3. The first-order valence-electron chi connectivity index (χ1n) is 10.7. The van der Waals surface area contributed by atoms with Crippen molar-refractivity contribution in [2.24, 2.45) is 0 Å². The number of benzene rings is 3. The molecule has 0 unspecified atom stereocenters. The van der Waals surface area contributed by atoms with Crippen LogP contribution in [0.25, 0.3) is 22.6 Å². The van der Waals surface area contributed by atoms with E-state index in [9.17, 15) is 14.4 Å². The van der Waals surface area contributed by atoms with Gasteiger partial charge < -0.3 is 9.73 Å². The second-order valence-electron chi connectivity index (χ2n) is 8.10. The highest BCUT2D eigenvalue weighted by Crippen LogP contribution is 2.45. The van der Waals surface area contributed by atoms with Gasteiger partial charge >= 0.3 is 0 Å². The van der Waals surface area contributed by atoms with E-state index in [4.69, 9.17) is 4.42 Å². The van der Waals surface area contributed by atoms with Crippen LogP contribution in [0.3, 0.4) is 0 Å². The fourth-order valence-electron chi connectivity index (χ4n) is 3.96. The molecule has 36 heavy (non-hydrogen) atoms. The standard InChI is InChI=1S/C25H15Br4N3O4/c1-11-6-7-15-14(10-11)31-23(36-15)12-4-2-3-5-13(12)30-16(33)8-9-32-24(34)17-18(25(32)35)20(27)22(29)21(28)19(17)26/h2-7,10H,8-9H2,1H3,(H,30,33). The lowest BCUT2D eigenvalue weighted by Gasteiger charge is -2.14. The number of carbonyl (C=O) groups excluding carboxylic acids is 3. The second kappa shape index (κ2) is 9.85. The topological polar surface area (TPSA) is 92.5 Å². The number of hydrogen-bond donors (Lipinski definition) is 1. The molecule has 0 bridgehead atoms. The largest absolute Gasteiger partial charge is 0.436 e. The van der Waals surface area contributed by atoms with Crippen molar-refractivity contribution in [2.45, 2.75) is 13.3 Å². The van der Waals surface area contributed by atoms with E-state index in [1.165, 1.54) is 0 Å². The summed E-state index contributed by atoms with van der Waals surface area (Å²) in [6, 6.07) is 12.9. The number of oxazole rings is 1. The Bertz CT molecular complexity index is 1550. The van der Waals surface area contributed by atoms with Gasteiger partial charge in [-0.2, -0.15) is 0 Å². The monoisotopic (exact) mass is 737 g/mol. The molecule has 3 aromatic carbocycles. The van der Waals surface area contributed by atoms with Gasteiger partial charge in [0, 0.05) is 30.9 Å². The first-order chi connectivity index (χ1) is 17.2. The molecule has 2 heterocycles. The van der Waals surface area contributed by atoms with Gasteiger partial charge in [0.25, 0.3) is 11.8 Å². The van der Waals surface area contributed by atoms with Crippen molar-refractivity contribution in [3.05, 3.63) is 77.0 Å². The molecule has 11 heteroatoms. The van der Waals surface area contributed by atoms with Crippen molar-refractivity contribution >= 4 is 98.2 Å². The van der Waals surface area contributed by atoms with Gasteiger partial charge in [0.1, 0.15) is 5.52 Å². The molecule has 0 radical (unpaired) electrons. The molecule has 3 amide bonds. The minimum absolute atomic E-state index is 0.0728. The maximum atomic E-state index is 13.0. The van der Waals surface area contributed by atoms with E-state index in [0.29, 0.717) is 40.6 Å². The van der Waals surface area contributed by atoms with E-state index in [2.05, 4.69) is 74.0 Å². The highest BCUT2D eigenvalue weighted by atomic mass is 79.9. The van der Waals surface area contributed by atoms with Crippen LogP contribution in [-0.2, 0) is 4.79 Å². The summed E-state index contributed by atoms with van der Waals surface area (Å²) in [7, 11) is 0. The first-order valence-corrected chi connectivity index (χ1v) is 13.8. The number of nitrogens with one attached hydrogen (secondary N) is 1. The molecule has 0 saturated heterocycles. The molecule has 0 saturated carbocycles. The molecule has 7 nitrogen and oxygen atoms in total. The van der Waals surface area contributed by atoms with E-state index < -0.39 is 11.8 Å². The molecule has 1 aromatic heterocycles. The Balaban J connectivity index is 1.34. The van der Waals surface area contributed by atoms with Gasteiger partial charge in [-0.15, -0.1) is 0 Å². The van der Waals surface area contributed by atoms with E-state index in [-0.39, 0.29) is 30.0 Å². The molecule has 0 aliphatic carbocycles. The van der Waals surface area contributed by atoms with Crippen molar-refractivity contribution in [1.29, 1.82) is 0 Å². The van der Waals surface area contributed by atoms with Gasteiger partial charge in [-0.1, -0.05) is 18.2 Å². The summed E-state index contributed by atoms with van der Waals surface area (Å²) >= 11 is 13.6. The number of halogens is 4. The van der Waals surface area contributed by atoms with Crippen LogP contribution in [0.5, 0.6) is 0 Å². The van der Waals surface area contributed by atoms with Gasteiger partial charge in [-0.3, -0.25) is 19.3 Å². The third kappa shape index (κ3) is 4.36. The number of imide groups is 1. The highest BCUT2D eigenvalue weighted by Gasteiger charge is 2.40. The van der Waals surface area contributed by atoms with Gasteiger partial charge in [0.2, 0.25) is 11.8 Å². The molecule has 0 spiro atoms. The molecule has 182 valence electrons. The van der Waals surface area contributed by atoms with Crippen molar-refractivity contribution in [3.8, 4) is 11.5 Å². The van der Waals surface area contributed by atoms with Crippen LogP contribution in [0.2, 0.25) is 0 Å². The lowest BCUT2D eigenvalue weighted by Crippen LogP contribution is -2.33. The summed E-state index contributed by atoms with van der Waals surface area (Å²) in [6.45, 7) is 1.90. The molecule has 5 rings (SSSR count). The Labute approximate surface area is 239 Å². The molecular formula is C25H15Br4N3O4. The molecule has 0 atom stereocenters. The number of para-hydroxylation sites is 1. The summed E-state index contributed by atoms with van der Waals surface area (Å²) in [4.78, 5) is 44.5. The fourth-order valence-corrected chi connectivity index (χ4v) is 6.41. The lowest BCUT2D eigenvalue weighted by molar-refractivity contribution is -0.116. The van der Waals surface area contributed by atoms with Crippen LogP contribution in [0.1, 0.15) is 32.7 Å². The van der Waals surface area contributed by atoms with Crippen molar-refractivity contribution in [1.82, 2.24) is 9.88 Å². The third-order valence-corrected chi connectivity index (χ3v) is 10.5. The minimum Gasteiger partial charge on any atom is -0.436 e. The molecule has 0 fully saturated rings. The average Bonchev–Trinajstić information content (AvgIpc) is 3.38. The SMILES string of the molecule is Cc1ccc2oc(-c3ccccc3NC(=O)CCN3C(=O)c4c(Br)c(Br)c(Br)c(Br)c4C3=O)nc2c1. The number of aryl methyl sites for hydroxylation is 1. The quantitative estimate of drug-likeness (QED) is 0.130. The van der Waals surface area contributed by atoms with Crippen LogP contribution >= 0.6 is 63.7 Å². The zero-order valence-corrected chi connectivity index (χ0v) is 24.8. The molecule has 4 aromatic rings. The third-order valence-electron chi connectivity index (χ3n) is 5.72. The van der Waals surface area contributed by atoms with Gasteiger partial charge in [0.15, 0.2) is 5.58 Å². The zero-order chi connectivity index (χ0) is 25.7. The van der Waals surface area contributed by atoms with E-state index in [0.717, 1.165) is 16.0 Å². The molecular weight excluding hydrogens is 726 g/mol. The summed E-state index contributed by atoms with van der Waals surface area (Å²) in [6.07, 6.45) is -0.0792. The van der Waals surface area contributed by atoms with Crippen LogP contribution < -0.4 is 5.32 Å². The smallest absolute Gasteiger partial charge is 0.262 e. The Kier molecular flexibility index (Phi) is 6.92. The van der Waals surface area contributed by atoms with Crippen LogP contribution in [-0.4, -0.2) is 34.2 Å². The predicted octanol–water partition coefficient (Wildman–Crippen LogP) is 7.48. The number of carbonyl (C=O) groups is 3. The van der Waals surface area contributed by atoms with Crippen molar-refractivity contribution in [2.75, 3.05) is 11.9 Å². The van der Waals surface area contributed by atoms with E-state index in [1.54, 1.807) is 12.1 Å². The molecule has 1 N–H and O–H groups in total. The van der Waals surface area contributed by atoms with E-state index in [1.807, 2.05) is 37.3 Å². The Morgan fingerprint density at radius 2 is 1.58 bits per heavy atom. The van der Waals surface area contributed by atoms with E-state index >= 15 is 0 Å². The lowest BCUT2D eigenvalue weighted by atomic mass is 10.1. The van der Waals surface area contributed by atoms with Gasteiger partial charge in [-0.05, 0) is 100 Å². The maximum absolute atomic E-state index is 13.0. The number of rotatable bonds is 5. The number of fused-ring (bicyclic) bond motifs is 2. The average molecular weight is 741 g/mol. The summed E-state index contributed by atoms with van der Waals surface area (Å²) in [5, 5.41) is 2.86. The van der Waals surface area contributed by atoms with Gasteiger partial charge in [-0.25, -0.2) is 4.98 Å². The van der Waals surface area contributed by atoms with Crippen LogP contribution in [0.4, 0.5) is 5.69 Å². The normalized spacial score (nSPS) is 13.0. The number of aromatic nitrogens is 1. The number of amides is 3. The summed E-state index contributed by atoms with van der Waals surface area (Å²) < 4.78 is 8.07. The summed E-state index contributed by atoms with van der Waals surface area (Å²) in [5.74, 6) is -0.902. The van der Waals surface area contributed by atoms with Crippen molar-refractivity contribution < 1.29 is 18.8 Å². The first kappa shape index (κ1) is 25.3. The highest BCUT2D eigenvalue weighted by molar-refractivity contribution is 9.15. The number of hydrogen-bond acceptors (Lipinski definition) is 5. The Morgan fingerprint density at radius 1 is 0.944 bits per heavy atom. The van der Waals surface area contributed by atoms with Crippen LogP contribution in [0, 0.1) is 6.92 Å². The molecule has 1 aliphatic heterocycles. The zero-order valence-electron chi connectivity index (χ0n) is 18.5.